The van der Waals surface area contributed by atoms with Gasteiger partial charge in [-0.05, 0) is 61.2 Å². The molecule has 0 bridgehead atoms. The zero-order chi connectivity index (χ0) is 27.8. The van der Waals surface area contributed by atoms with Crippen LogP contribution in [0.15, 0.2) is 60.7 Å². The first-order valence-electron chi connectivity index (χ1n) is 13.6. The SMILES string of the molecule is C=CCOc1ccc(C2/C(=C(\O)c3ccc(OCCC)cc3C)C(=O)C(=O)N2CCCN2CCOCC2)cc1. The molecule has 0 aromatic heterocycles. The third-order valence-corrected chi connectivity index (χ3v) is 7.01. The lowest BCUT2D eigenvalue weighted by Crippen LogP contribution is -2.38. The summed E-state index contributed by atoms with van der Waals surface area (Å²) >= 11 is 0. The first-order valence-corrected chi connectivity index (χ1v) is 13.6. The normalized spacial score (nSPS) is 19.3. The fraction of sp³-hybridized carbons (Fsp3) is 0.419. The van der Waals surface area contributed by atoms with Crippen molar-refractivity contribution in [1.82, 2.24) is 9.80 Å². The molecule has 0 saturated carbocycles. The quantitative estimate of drug-likeness (QED) is 0.186. The van der Waals surface area contributed by atoms with Gasteiger partial charge >= 0.3 is 0 Å². The van der Waals surface area contributed by atoms with Crippen molar-refractivity contribution in [3.8, 4) is 11.5 Å². The van der Waals surface area contributed by atoms with E-state index >= 15 is 0 Å². The zero-order valence-electron chi connectivity index (χ0n) is 22.9. The third kappa shape index (κ3) is 6.69. The van der Waals surface area contributed by atoms with Gasteiger partial charge in [-0.3, -0.25) is 14.5 Å². The van der Waals surface area contributed by atoms with Crippen molar-refractivity contribution in [2.24, 2.45) is 0 Å². The predicted octanol–water partition coefficient (Wildman–Crippen LogP) is 4.49. The Labute approximate surface area is 230 Å². The van der Waals surface area contributed by atoms with E-state index < -0.39 is 17.7 Å². The van der Waals surface area contributed by atoms with Gasteiger partial charge in [0.05, 0.1) is 31.4 Å². The van der Waals surface area contributed by atoms with Gasteiger partial charge in [0.1, 0.15) is 23.9 Å². The maximum Gasteiger partial charge on any atom is 0.295 e. The van der Waals surface area contributed by atoms with E-state index in [2.05, 4.69) is 11.5 Å². The Morgan fingerprint density at radius 1 is 1.08 bits per heavy atom. The second-order valence-corrected chi connectivity index (χ2v) is 9.79. The van der Waals surface area contributed by atoms with Gasteiger partial charge in [-0.15, -0.1) is 0 Å². The van der Waals surface area contributed by atoms with Crippen LogP contribution in [0.3, 0.4) is 0 Å². The summed E-state index contributed by atoms with van der Waals surface area (Å²) in [7, 11) is 0. The number of aliphatic hydroxyl groups is 1. The van der Waals surface area contributed by atoms with E-state index in [1.807, 2.05) is 32.0 Å². The number of benzene rings is 2. The smallest absolute Gasteiger partial charge is 0.295 e. The number of ether oxygens (including phenoxy) is 3. The number of amides is 1. The molecular formula is C31H38N2O6. The molecule has 0 spiro atoms. The van der Waals surface area contributed by atoms with Crippen molar-refractivity contribution in [3.63, 3.8) is 0 Å². The number of morpholine rings is 1. The molecule has 2 aromatic rings. The van der Waals surface area contributed by atoms with Gasteiger partial charge in [0, 0.05) is 31.7 Å². The molecule has 1 N–H and O–H groups in total. The van der Waals surface area contributed by atoms with Gasteiger partial charge in [0.2, 0.25) is 0 Å². The largest absolute Gasteiger partial charge is 0.507 e. The van der Waals surface area contributed by atoms with Crippen LogP contribution >= 0.6 is 0 Å². The van der Waals surface area contributed by atoms with Gasteiger partial charge in [-0.1, -0.05) is 31.7 Å². The molecule has 2 aromatic carbocycles. The monoisotopic (exact) mass is 534 g/mol. The van der Waals surface area contributed by atoms with Crippen molar-refractivity contribution >= 4 is 17.4 Å². The molecule has 39 heavy (non-hydrogen) atoms. The number of carbonyl (C=O) groups is 2. The van der Waals surface area contributed by atoms with E-state index in [0.29, 0.717) is 56.5 Å². The van der Waals surface area contributed by atoms with Crippen LogP contribution in [0.1, 0.15) is 42.5 Å². The number of rotatable bonds is 12. The predicted molar refractivity (Wildman–Crippen MR) is 150 cm³/mol. The minimum Gasteiger partial charge on any atom is -0.507 e. The van der Waals surface area contributed by atoms with Crippen molar-refractivity contribution in [2.45, 2.75) is 32.7 Å². The Kier molecular flexibility index (Phi) is 9.79. The lowest BCUT2D eigenvalue weighted by molar-refractivity contribution is -0.140. The van der Waals surface area contributed by atoms with E-state index in [0.717, 1.165) is 37.2 Å². The molecule has 208 valence electrons. The first kappa shape index (κ1) is 28.4. The number of Topliss-reactive ketones (excluding diaryl/α,β-unsaturated/α-hetero) is 1. The summed E-state index contributed by atoms with van der Waals surface area (Å²) in [5.74, 6) is -0.110. The Hall–Kier alpha value is -3.62. The minimum absolute atomic E-state index is 0.0939. The topological polar surface area (TPSA) is 88.5 Å². The van der Waals surface area contributed by atoms with Crippen molar-refractivity contribution in [3.05, 3.63) is 77.4 Å². The second kappa shape index (κ2) is 13.4. The highest BCUT2D eigenvalue weighted by molar-refractivity contribution is 6.46. The maximum absolute atomic E-state index is 13.4. The molecule has 0 radical (unpaired) electrons. The van der Waals surface area contributed by atoms with Gasteiger partial charge in [-0.2, -0.15) is 0 Å². The average molecular weight is 535 g/mol. The Morgan fingerprint density at radius 3 is 2.46 bits per heavy atom. The second-order valence-electron chi connectivity index (χ2n) is 9.79. The molecular weight excluding hydrogens is 496 g/mol. The number of aliphatic hydroxyl groups excluding tert-OH is 1. The molecule has 0 aliphatic carbocycles. The average Bonchev–Trinajstić information content (AvgIpc) is 3.20. The fourth-order valence-corrected chi connectivity index (χ4v) is 5.00. The van der Waals surface area contributed by atoms with Crippen molar-refractivity contribution < 1.29 is 28.9 Å². The molecule has 8 heteroatoms. The van der Waals surface area contributed by atoms with Crippen LogP contribution < -0.4 is 9.47 Å². The highest BCUT2D eigenvalue weighted by atomic mass is 16.5. The molecule has 2 saturated heterocycles. The fourth-order valence-electron chi connectivity index (χ4n) is 5.00. The van der Waals surface area contributed by atoms with Crippen LogP contribution in [0.2, 0.25) is 0 Å². The standard InChI is InChI=1S/C31H38N2O6/c1-4-17-38-24-9-7-23(8-10-24)28-27(29(34)26-12-11-25(21-22(26)3)39-18-5-2)30(35)31(36)33(28)14-6-13-32-15-19-37-20-16-32/h4,7-12,21,28,34H,1,5-6,13-20H2,2-3H3/b29-27+. The lowest BCUT2D eigenvalue weighted by atomic mass is 9.93. The van der Waals surface area contributed by atoms with Gasteiger partial charge in [-0.25, -0.2) is 0 Å². The van der Waals surface area contributed by atoms with Crippen LogP contribution in [0.5, 0.6) is 11.5 Å². The summed E-state index contributed by atoms with van der Waals surface area (Å²) in [6.45, 7) is 12.8. The third-order valence-electron chi connectivity index (χ3n) is 7.01. The van der Waals surface area contributed by atoms with Crippen LogP contribution in [-0.4, -0.2) is 79.2 Å². The van der Waals surface area contributed by atoms with E-state index in [-0.39, 0.29) is 11.3 Å². The molecule has 1 unspecified atom stereocenters. The van der Waals surface area contributed by atoms with E-state index in [9.17, 15) is 14.7 Å². The highest BCUT2D eigenvalue weighted by Gasteiger charge is 2.46. The zero-order valence-corrected chi connectivity index (χ0v) is 22.9. The summed E-state index contributed by atoms with van der Waals surface area (Å²) < 4.78 is 16.8. The molecule has 1 amide bonds. The van der Waals surface area contributed by atoms with E-state index in [1.165, 1.54) is 0 Å². The number of hydrogen-bond donors (Lipinski definition) is 1. The number of ketones is 1. The Morgan fingerprint density at radius 2 is 1.79 bits per heavy atom. The van der Waals surface area contributed by atoms with Crippen LogP contribution in [-0.2, 0) is 14.3 Å². The summed E-state index contributed by atoms with van der Waals surface area (Å²) in [5.41, 5.74) is 2.08. The first-order chi connectivity index (χ1) is 18.9. The molecule has 2 heterocycles. The Bertz CT molecular complexity index is 1200. The number of nitrogens with zero attached hydrogens (tertiary/aromatic N) is 2. The van der Waals surface area contributed by atoms with E-state index in [4.69, 9.17) is 14.2 Å². The maximum atomic E-state index is 13.4. The number of likely N-dealkylation sites (tertiary alicyclic amines) is 1. The molecule has 4 rings (SSSR count). The summed E-state index contributed by atoms with van der Waals surface area (Å²) in [4.78, 5) is 30.6. The summed E-state index contributed by atoms with van der Waals surface area (Å²) in [5, 5.41) is 11.5. The molecule has 1 atom stereocenters. The highest BCUT2D eigenvalue weighted by Crippen LogP contribution is 2.40. The molecule has 2 aliphatic rings. The molecule has 2 aliphatic heterocycles. The summed E-state index contributed by atoms with van der Waals surface area (Å²) in [6.07, 6.45) is 3.25. The summed E-state index contributed by atoms with van der Waals surface area (Å²) in [6, 6.07) is 11.9. The van der Waals surface area contributed by atoms with Crippen molar-refractivity contribution in [2.75, 3.05) is 52.6 Å². The molecule has 2 fully saturated rings. The van der Waals surface area contributed by atoms with Crippen molar-refractivity contribution in [1.29, 1.82) is 0 Å². The number of hydrogen-bond acceptors (Lipinski definition) is 7. The lowest BCUT2D eigenvalue weighted by Gasteiger charge is -2.29. The van der Waals surface area contributed by atoms with Gasteiger partial charge < -0.3 is 24.2 Å². The number of carbonyl (C=O) groups excluding carboxylic acids is 2. The minimum atomic E-state index is -0.710. The van der Waals surface area contributed by atoms with Gasteiger partial charge in [0.15, 0.2) is 0 Å². The molecule has 8 nitrogen and oxygen atoms in total. The van der Waals surface area contributed by atoms with E-state index in [1.54, 1.807) is 35.2 Å². The van der Waals surface area contributed by atoms with Gasteiger partial charge in [0.25, 0.3) is 11.7 Å². The number of aryl methyl sites for hydroxylation is 1. The Balaban J connectivity index is 1.67. The van der Waals surface area contributed by atoms with Crippen LogP contribution in [0.25, 0.3) is 5.76 Å². The van der Waals surface area contributed by atoms with Crippen LogP contribution in [0, 0.1) is 6.92 Å². The van der Waals surface area contributed by atoms with Crippen LogP contribution in [0.4, 0.5) is 0 Å².